The van der Waals surface area contributed by atoms with E-state index in [1.807, 2.05) is 0 Å². The van der Waals surface area contributed by atoms with Crippen LogP contribution in [0.1, 0.15) is 56.5 Å². The molecule has 2 N–H and O–H groups in total. The van der Waals surface area contributed by atoms with E-state index in [-0.39, 0.29) is 0 Å². The summed E-state index contributed by atoms with van der Waals surface area (Å²) in [5.74, 6) is 2.01. The second-order valence-corrected chi connectivity index (χ2v) is 6.43. The Morgan fingerprint density at radius 3 is 3.00 bits per heavy atom. The molecule has 20 heavy (non-hydrogen) atoms. The number of nitrogens with one attached hydrogen (secondary N) is 2. The van der Waals surface area contributed by atoms with Crippen molar-refractivity contribution in [3.63, 3.8) is 0 Å². The molecule has 1 aromatic carbocycles. The summed E-state index contributed by atoms with van der Waals surface area (Å²) in [6.07, 6.45) is 7.88. The third-order valence-electron chi connectivity index (χ3n) is 5.17. The molecule has 1 saturated heterocycles. The molecule has 1 aliphatic heterocycles. The van der Waals surface area contributed by atoms with Crippen molar-refractivity contribution in [3.05, 3.63) is 29.6 Å². The van der Waals surface area contributed by atoms with Crippen molar-refractivity contribution in [3.8, 4) is 0 Å². The first-order chi connectivity index (χ1) is 9.83. The molecule has 4 rings (SSSR count). The topological polar surface area (TPSA) is 40.7 Å². The van der Waals surface area contributed by atoms with Gasteiger partial charge in [0.1, 0.15) is 5.82 Å². The number of H-pyrrole nitrogens is 1. The lowest BCUT2D eigenvalue weighted by molar-refractivity contribution is 0.325. The number of hydrogen-bond donors (Lipinski definition) is 2. The van der Waals surface area contributed by atoms with E-state index in [2.05, 4.69) is 35.4 Å². The Balaban J connectivity index is 1.62. The first-order valence-corrected chi connectivity index (χ1v) is 8.08. The predicted molar refractivity (Wildman–Crippen MR) is 81.7 cm³/mol. The van der Waals surface area contributed by atoms with E-state index in [1.54, 1.807) is 0 Å². The Morgan fingerprint density at radius 1 is 1.25 bits per heavy atom. The number of aromatic amines is 1. The second kappa shape index (κ2) is 4.88. The molecule has 1 aliphatic carbocycles. The number of benzene rings is 1. The first-order valence-electron chi connectivity index (χ1n) is 8.08. The van der Waals surface area contributed by atoms with Gasteiger partial charge in [0.05, 0.1) is 17.1 Å². The van der Waals surface area contributed by atoms with Crippen LogP contribution in [0.2, 0.25) is 0 Å². The normalized spacial score (nSPS) is 29.8. The molecule has 2 aromatic rings. The van der Waals surface area contributed by atoms with Gasteiger partial charge in [0.25, 0.3) is 0 Å². The molecule has 3 heteroatoms. The van der Waals surface area contributed by atoms with Gasteiger partial charge in [-0.25, -0.2) is 4.98 Å². The van der Waals surface area contributed by atoms with Crippen LogP contribution in [0.15, 0.2) is 18.2 Å². The maximum Gasteiger partial charge on any atom is 0.124 e. The lowest BCUT2D eigenvalue weighted by Gasteiger charge is -2.24. The number of hydrogen-bond acceptors (Lipinski definition) is 2. The Bertz CT molecular complexity index is 602. The highest BCUT2D eigenvalue weighted by atomic mass is 15.1. The van der Waals surface area contributed by atoms with Crippen molar-refractivity contribution in [2.75, 3.05) is 0 Å². The van der Waals surface area contributed by atoms with Crippen molar-refractivity contribution < 1.29 is 0 Å². The maximum atomic E-state index is 4.84. The SMILES string of the molecule is CCc1ccc2[nH]c(C3CC4CCCCC4N3)nc2c1. The van der Waals surface area contributed by atoms with Gasteiger partial charge in [-0.15, -0.1) is 0 Å². The van der Waals surface area contributed by atoms with Crippen LogP contribution in [0.4, 0.5) is 0 Å². The molecule has 2 heterocycles. The molecule has 2 fully saturated rings. The standard InChI is InChI=1S/C17H23N3/c1-2-11-7-8-14-15(9-11)20-17(19-14)16-10-12-5-3-4-6-13(12)18-16/h7-9,12-13,16,18H,2-6,10H2,1H3,(H,19,20). The highest BCUT2D eigenvalue weighted by Gasteiger charge is 2.36. The second-order valence-electron chi connectivity index (χ2n) is 6.43. The minimum atomic E-state index is 0.431. The largest absolute Gasteiger partial charge is 0.341 e. The summed E-state index contributed by atoms with van der Waals surface area (Å²) in [6, 6.07) is 7.75. The zero-order valence-electron chi connectivity index (χ0n) is 12.2. The van der Waals surface area contributed by atoms with Crippen molar-refractivity contribution in [1.82, 2.24) is 15.3 Å². The van der Waals surface area contributed by atoms with Gasteiger partial charge in [0.2, 0.25) is 0 Å². The zero-order chi connectivity index (χ0) is 13.5. The average molecular weight is 269 g/mol. The van der Waals surface area contributed by atoms with Gasteiger partial charge in [0.15, 0.2) is 0 Å². The number of rotatable bonds is 2. The van der Waals surface area contributed by atoms with Crippen LogP contribution in [-0.4, -0.2) is 16.0 Å². The maximum absolute atomic E-state index is 4.84. The molecule has 3 nitrogen and oxygen atoms in total. The minimum Gasteiger partial charge on any atom is -0.341 e. The van der Waals surface area contributed by atoms with Crippen LogP contribution in [0.25, 0.3) is 11.0 Å². The van der Waals surface area contributed by atoms with Crippen LogP contribution in [0.3, 0.4) is 0 Å². The number of imidazole rings is 1. The van der Waals surface area contributed by atoms with Crippen molar-refractivity contribution in [1.29, 1.82) is 0 Å². The lowest BCUT2D eigenvalue weighted by atomic mass is 9.85. The summed E-state index contributed by atoms with van der Waals surface area (Å²) in [4.78, 5) is 8.37. The average Bonchev–Trinajstić information content (AvgIpc) is 3.09. The summed E-state index contributed by atoms with van der Waals surface area (Å²) in [5, 5.41) is 3.80. The van der Waals surface area contributed by atoms with Gasteiger partial charge in [-0.05, 0) is 49.3 Å². The van der Waals surface area contributed by atoms with Crippen molar-refractivity contribution in [2.45, 2.75) is 57.5 Å². The summed E-state index contributed by atoms with van der Waals surface area (Å²) < 4.78 is 0. The molecule has 0 radical (unpaired) electrons. The van der Waals surface area contributed by atoms with Crippen LogP contribution in [-0.2, 0) is 6.42 Å². The number of nitrogens with zero attached hydrogens (tertiary/aromatic N) is 1. The Morgan fingerprint density at radius 2 is 2.15 bits per heavy atom. The summed E-state index contributed by atoms with van der Waals surface area (Å²) in [5.41, 5.74) is 3.66. The molecule has 0 bridgehead atoms. The van der Waals surface area contributed by atoms with Crippen LogP contribution in [0.5, 0.6) is 0 Å². The highest BCUT2D eigenvalue weighted by Crippen LogP contribution is 2.38. The number of aromatic nitrogens is 2. The molecule has 2 aliphatic rings. The van der Waals surface area contributed by atoms with Gasteiger partial charge in [0, 0.05) is 6.04 Å². The van der Waals surface area contributed by atoms with E-state index >= 15 is 0 Å². The van der Waals surface area contributed by atoms with E-state index < -0.39 is 0 Å². The summed E-state index contributed by atoms with van der Waals surface area (Å²) in [6.45, 7) is 2.19. The molecule has 3 atom stereocenters. The molecule has 0 amide bonds. The summed E-state index contributed by atoms with van der Waals surface area (Å²) >= 11 is 0. The van der Waals surface area contributed by atoms with E-state index in [0.29, 0.717) is 6.04 Å². The Kier molecular flexibility index (Phi) is 3.03. The first kappa shape index (κ1) is 12.4. The molecular weight excluding hydrogens is 246 g/mol. The van der Waals surface area contributed by atoms with E-state index in [1.165, 1.54) is 43.2 Å². The summed E-state index contributed by atoms with van der Waals surface area (Å²) in [7, 11) is 0. The third-order valence-corrected chi connectivity index (χ3v) is 5.17. The van der Waals surface area contributed by atoms with Crippen molar-refractivity contribution >= 4 is 11.0 Å². The highest BCUT2D eigenvalue weighted by molar-refractivity contribution is 5.76. The monoisotopic (exact) mass is 269 g/mol. The molecule has 0 spiro atoms. The molecule has 3 unspecified atom stereocenters. The van der Waals surface area contributed by atoms with E-state index in [9.17, 15) is 0 Å². The van der Waals surface area contributed by atoms with Gasteiger partial charge in [-0.1, -0.05) is 25.8 Å². The fourth-order valence-corrected chi connectivity index (χ4v) is 3.99. The van der Waals surface area contributed by atoms with Gasteiger partial charge in [-0.3, -0.25) is 0 Å². The molecule has 1 saturated carbocycles. The fraction of sp³-hybridized carbons (Fsp3) is 0.588. The molecule has 106 valence electrons. The van der Waals surface area contributed by atoms with Gasteiger partial charge in [-0.2, -0.15) is 0 Å². The lowest BCUT2D eigenvalue weighted by Crippen LogP contribution is -2.30. The number of fused-ring (bicyclic) bond motifs is 2. The Hall–Kier alpha value is -1.35. The van der Waals surface area contributed by atoms with Crippen LogP contribution >= 0.6 is 0 Å². The van der Waals surface area contributed by atoms with Gasteiger partial charge >= 0.3 is 0 Å². The van der Waals surface area contributed by atoms with Crippen LogP contribution < -0.4 is 5.32 Å². The van der Waals surface area contributed by atoms with Gasteiger partial charge < -0.3 is 10.3 Å². The van der Waals surface area contributed by atoms with Crippen LogP contribution in [0, 0.1) is 5.92 Å². The van der Waals surface area contributed by atoms with E-state index in [0.717, 1.165) is 29.7 Å². The number of aryl methyl sites for hydroxylation is 1. The zero-order valence-corrected chi connectivity index (χ0v) is 12.2. The van der Waals surface area contributed by atoms with E-state index in [4.69, 9.17) is 4.98 Å². The smallest absolute Gasteiger partial charge is 0.124 e. The molecular formula is C17H23N3. The predicted octanol–water partition coefficient (Wildman–Crippen LogP) is 3.72. The molecule has 1 aromatic heterocycles. The minimum absolute atomic E-state index is 0.431. The quantitative estimate of drug-likeness (QED) is 0.872. The Labute approximate surface area is 120 Å². The van der Waals surface area contributed by atoms with Crippen molar-refractivity contribution in [2.24, 2.45) is 5.92 Å². The third kappa shape index (κ3) is 2.05. The fourth-order valence-electron chi connectivity index (χ4n) is 3.99.